The fourth-order valence-electron chi connectivity index (χ4n) is 3.74. The maximum absolute atomic E-state index is 12.3. The maximum Gasteiger partial charge on any atom is 0.223 e. The van der Waals surface area contributed by atoms with Gasteiger partial charge in [-0.25, -0.2) is 0 Å². The Hall–Kier alpha value is -1.25. The molecule has 0 unspecified atom stereocenters. The molecular weight excluding hydrogens is 415 g/mol. The molecule has 9 heteroatoms. The summed E-state index contributed by atoms with van der Waals surface area (Å²) in [6.07, 6.45) is 0.629. The van der Waals surface area contributed by atoms with E-state index in [0.29, 0.717) is 12.3 Å². The third-order valence-electron chi connectivity index (χ3n) is 5.46. The van der Waals surface area contributed by atoms with Gasteiger partial charge in [-0.05, 0) is 18.2 Å². The molecule has 2 aliphatic rings. The quantitative estimate of drug-likeness (QED) is 0.681. The number of rotatable bonds is 7. The molecule has 1 aromatic carbocycles. The Balaban J connectivity index is 0.00000210. The third-order valence-corrected chi connectivity index (χ3v) is 5.46. The number of carbonyl (C=O) groups excluding carboxylic acids is 1. The first-order valence-electron chi connectivity index (χ1n) is 9.83. The number of ether oxygens (including phenoxy) is 2. The molecule has 2 fully saturated rings. The zero-order valence-electron chi connectivity index (χ0n) is 17.4. The molecule has 1 N–H and O–H groups in total. The average Bonchev–Trinajstić information content (AvgIpc) is 2.73. The van der Waals surface area contributed by atoms with E-state index in [1.807, 2.05) is 17.0 Å². The molecule has 2 saturated heterocycles. The zero-order chi connectivity index (χ0) is 19.1. The van der Waals surface area contributed by atoms with Gasteiger partial charge in [0.15, 0.2) is 0 Å². The van der Waals surface area contributed by atoms with E-state index >= 15 is 0 Å². The van der Waals surface area contributed by atoms with Crippen LogP contribution >= 0.6 is 24.8 Å². The van der Waals surface area contributed by atoms with Crippen molar-refractivity contribution in [2.45, 2.75) is 13.0 Å². The van der Waals surface area contributed by atoms with E-state index in [0.717, 1.165) is 82.5 Å². The fourth-order valence-corrected chi connectivity index (χ4v) is 3.74. The summed E-state index contributed by atoms with van der Waals surface area (Å²) >= 11 is 0. The molecule has 0 aromatic heterocycles. The van der Waals surface area contributed by atoms with Gasteiger partial charge in [0.2, 0.25) is 5.91 Å². The Morgan fingerprint density at radius 3 is 2.24 bits per heavy atom. The van der Waals surface area contributed by atoms with Crippen molar-refractivity contribution in [1.29, 1.82) is 0 Å². The number of halogens is 2. The van der Waals surface area contributed by atoms with Crippen LogP contribution in [0.25, 0.3) is 0 Å². The molecule has 2 aliphatic heterocycles. The van der Waals surface area contributed by atoms with E-state index < -0.39 is 0 Å². The molecule has 0 aliphatic carbocycles. The minimum absolute atomic E-state index is 0. The molecule has 29 heavy (non-hydrogen) atoms. The average molecular weight is 449 g/mol. The largest absolute Gasteiger partial charge is 0.497 e. The monoisotopic (exact) mass is 448 g/mol. The van der Waals surface area contributed by atoms with Crippen molar-refractivity contribution in [2.24, 2.45) is 0 Å². The number of hydrogen-bond donors (Lipinski definition) is 1. The van der Waals surface area contributed by atoms with Gasteiger partial charge >= 0.3 is 0 Å². The minimum atomic E-state index is 0. The number of benzene rings is 1. The van der Waals surface area contributed by atoms with Gasteiger partial charge in [-0.1, -0.05) is 0 Å². The molecule has 0 radical (unpaired) electrons. The lowest BCUT2D eigenvalue weighted by atomic mass is 10.1. The molecular formula is C20H34Cl2N4O3. The van der Waals surface area contributed by atoms with Gasteiger partial charge in [0.1, 0.15) is 11.5 Å². The van der Waals surface area contributed by atoms with Gasteiger partial charge in [0, 0.05) is 77.4 Å². The summed E-state index contributed by atoms with van der Waals surface area (Å²) in [6.45, 7) is 9.24. The summed E-state index contributed by atoms with van der Waals surface area (Å²) in [7, 11) is 3.39. The number of nitrogens with zero attached hydrogens (tertiary/aromatic N) is 3. The Morgan fingerprint density at radius 1 is 0.966 bits per heavy atom. The molecule has 0 spiro atoms. The number of amides is 1. The van der Waals surface area contributed by atoms with Gasteiger partial charge in [0.25, 0.3) is 0 Å². The van der Waals surface area contributed by atoms with Gasteiger partial charge in [0.05, 0.1) is 14.2 Å². The van der Waals surface area contributed by atoms with Crippen LogP contribution in [-0.2, 0) is 11.3 Å². The third kappa shape index (κ3) is 7.50. The number of hydrogen-bond acceptors (Lipinski definition) is 6. The summed E-state index contributed by atoms with van der Waals surface area (Å²) in [6, 6.07) is 5.94. The van der Waals surface area contributed by atoms with Crippen LogP contribution < -0.4 is 14.8 Å². The second-order valence-electron chi connectivity index (χ2n) is 7.18. The molecule has 1 aromatic rings. The first-order chi connectivity index (χ1) is 13.2. The van der Waals surface area contributed by atoms with Crippen LogP contribution in [0.2, 0.25) is 0 Å². The number of carbonyl (C=O) groups is 1. The minimum Gasteiger partial charge on any atom is -0.497 e. The van der Waals surface area contributed by atoms with Gasteiger partial charge in [-0.15, -0.1) is 24.8 Å². The van der Waals surface area contributed by atoms with E-state index in [1.165, 1.54) is 0 Å². The Labute approximate surface area is 186 Å². The second-order valence-corrected chi connectivity index (χ2v) is 7.18. The lowest BCUT2D eigenvalue weighted by molar-refractivity contribution is -0.132. The van der Waals surface area contributed by atoms with E-state index in [2.05, 4.69) is 21.2 Å². The maximum atomic E-state index is 12.3. The highest BCUT2D eigenvalue weighted by molar-refractivity contribution is 5.85. The molecule has 1 amide bonds. The number of methoxy groups -OCH3 is 2. The summed E-state index contributed by atoms with van der Waals surface area (Å²) in [5, 5.41) is 3.29. The second kappa shape index (κ2) is 13.1. The Morgan fingerprint density at radius 2 is 1.62 bits per heavy atom. The summed E-state index contributed by atoms with van der Waals surface area (Å²) in [5.41, 5.74) is 1.15. The van der Waals surface area contributed by atoms with Crippen molar-refractivity contribution in [2.75, 3.05) is 73.1 Å². The highest BCUT2D eigenvalue weighted by atomic mass is 35.5. The van der Waals surface area contributed by atoms with Crippen molar-refractivity contribution in [1.82, 2.24) is 20.0 Å². The highest BCUT2D eigenvalue weighted by Gasteiger charge is 2.21. The van der Waals surface area contributed by atoms with Crippen molar-refractivity contribution in [3.8, 4) is 11.5 Å². The summed E-state index contributed by atoms with van der Waals surface area (Å²) in [5.74, 6) is 2.05. The van der Waals surface area contributed by atoms with Crippen LogP contribution in [0.3, 0.4) is 0 Å². The topological polar surface area (TPSA) is 57.3 Å². The fraction of sp³-hybridized carbons (Fsp3) is 0.650. The Bertz CT molecular complexity index is 622. The van der Waals surface area contributed by atoms with Crippen LogP contribution in [0.15, 0.2) is 18.2 Å². The van der Waals surface area contributed by atoms with Crippen LogP contribution in [0.5, 0.6) is 11.5 Å². The predicted molar refractivity (Wildman–Crippen MR) is 120 cm³/mol. The molecule has 0 saturated carbocycles. The SMILES string of the molecule is COc1ccc(OC)c(CN2CCN(CCC(=O)N3CCNCC3)CC2)c1.Cl.Cl. The van der Waals surface area contributed by atoms with Crippen molar-refractivity contribution >= 4 is 30.7 Å². The molecule has 166 valence electrons. The first-order valence-corrected chi connectivity index (χ1v) is 9.83. The molecule has 0 atom stereocenters. The first kappa shape index (κ1) is 25.8. The van der Waals surface area contributed by atoms with Gasteiger partial charge in [-0.3, -0.25) is 9.69 Å². The lowest BCUT2D eigenvalue weighted by Crippen LogP contribution is -2.49. The van der Waals surface area contributed by atoms with Crippen molar-refractivity contribution in [3.63, 3.8) is 0 Å². The van der Waals surface area contributed by atoms with E-state index in [-0.39, 0.29) is 24.8 Å². The highest BCUT2D eigenvalue weighted by Crippen LogP contribution is 2.25. The van der Waals surface area contributed by atoms with Crippen LogP contribution in [0, 0.1) is 0 Å². The van der Waals surface area contributed by atoms with Crippen LogP contribution in [-0.4, -0.2) is 93.7 Å². The summed E-state index contributed by atoms with van der Waals surface area (Å²) in [4.78, 5) is 19.1. The zero-order valence-corrected chi connectivity index (χ0v) is 19.0. The smallest absolute Gasteiger partial charge is 0.223 e. The number of nitrogens with one attached hydrogen (secondary N) is 1. The molecule has 7 nitrogen and oxygen atoms in total. The van der Waals surface area contributed by atoms with E-state index in [4.69, 9.17) is 9.47 Å². The van der Waals surface area contributed by atoms with Crippen LogP contribution in [0.1, 0.15) is 12.0 Å². The van der Waals surface area contributed by atoms with E-state index in [9.17, 15) is 4.79 Å². The lowest BCUT2D eigenvalue weighted by Gasteiger charge is -2.35. The standard InChI is InChI=1S/C20H32N4O3.2ClH/c1-26-18-3-4-19(27-2)17(15-18)16-23-13-11-22(12-14-23)8-5-20(25)24-9-6-21-7-10-24;;/h3-4,15,21H,5-14,16H2,1-2H3;2*1H. The molecule has 3 rings (SSSR count). The van der Waals surface area contributed by atoms with Crippen LogP contribution in [0.4, 0.5) is 0 Å². The van der Waals surface area contributed by atoms with Crippen molar-refractivity contribution in [3.05, 3.63) is 23.8 Å². The van der Waals surface area contributed by atoms with Crippen molar-refractivity contribution < 1.29 is 14.3 Å². The van der Waals surface area contributed by atoms with Gasteiger partial charge < -0.3 is 24.6 Å². The molecule has 2 heterocycles. The molecule has 0 bridgehead atoms. The normalized spacial score (nSPS) is 17.8. The van der Waals surface area contributed by atoms with E-state index in [1.54, 1.807) is 14.2 Å². The Kier molecular flexibility index (Phi) is 11.7. The summed E-state index contributed by atoms with van der Waals surface area (Å²) < 4.78 is 10.8. The predicted octanol–water partition coefficient (Wildman–Crippen LogP) is 1.49. The van der Waals surface area contributed by atoms with Gasteiger partial charge in [-0.2, -0.15) is 0 Å². The number of piperazine rings is 2.